The molecular weight excluding hydrogens is 549 g/mol. The Labute approximate surface area is 252 Å². The highest BCUT2D eigenvalue weighted by Crippen LogP contribution is 2.49. The molecule has 3 aromatic carbocycles. The van der Waals surface area contributed by atoms with Gasteiger partial charge in [-0.05, 0) is 61.7 Å². The summed E-state index contributed by atoms with van der Waals surface area (Å²) >= 11 is 0. The Morgan fingerprint density at radius 2 is 1.58 bits per heavy atom. The highest BCUT2D eigenvalue weighted by atomic mass is 19.1. The van der Waals surface area contributed by atoms with Gasteiger partial charge in [0.05, 0.1) is 26.7 Å². The van der Waals surface area contributed by atoms with E-state index in [-0.39, 0.29) is 30.2 Å². The van der Waals surface area contributed by atoms with Crippen LogP contribution in [0.3, 0.4) is 0 Å². The molecule has 0 bridgehead atoms. The topological polar surface area (TPSA) is 94.3 Å². The number of benzene rings is 3. The second-order valence-corrected chi connectivity index (χ2v) is 11.4. The maximum Gasteiger partial charge on any atom is 0.254 e. The van der Waals surface area contributed by atoms with Gasteiger partial charge in [0.15, 0.2) is 11.5 Å². The molecule has 0 saturated carbocycles. The number of carbonyl (C=O) groups excluding carboxylic acids is 2. The maximum atomic E-state index is 15.8. The number of ether oxygens (including phenoxy) is 3. The zero-order chi connectivity index (χ0) is 30.8. The van der Waals surface area contributed by atoms with Gasteiger partial charge in [-0.1, -0.05) is 55.5 Å². The molecule has 5 rings (SSSR count). The Bertz CT molecular complexity index is 1460. The molecule has 0 spiro atoms. The first-order chi connectivity index (χ1) is 20.7. The Hall–Kier alpha value is -4.11. The van der Waals surface area contributed by atoms with Gasteiger partial charge >= 0.3 is 0 Å². The van der Waals surface area contributed by atoms with Gasteiger partial charge in [-0.15, -0.1) is 0 Å². The summed E-state index contributed by atoms with van der Waals surface area (Å²) in [5, 5.41) is 0. The minimum Gasteiger partial charge on any atom is -0.493 e. The van der Waals surface area contributed by atoms with E-state index < -0.39 is 10.8 Å². The van der Waals surface area contributed by atoms with Gasteiger partial charge in [-0.25, -0.2) is 4.39 Å². The fourth-order valence-electron chi connectivity index (χ4n) is 7.29. The van der Waals surface area contributed by atoms with Crippen LogP contribution < -0.4 is 19.9 Å². The van der Waals surface area contributed by atoms with Crippen LogP contribution in [0.25, 0.3) is 0 Å². The quantitative estimate of drug-likeness (QED) is 0.394. The van der Waals surface area contributed by atoms with Gasteiger partial charge in [-0.2, -0.15) is 0 Å². The number of hydrogen-bond acceptors (Lipinski definition) is 6. The van der Waals surface area contributed by atoms with Crippen molar-refractivity contribution < 1.29 is 28.2 Å². The van der Waals surface area contributed by atoms with Crippen LogP contribution in [0, 0.1) is 5.82 Å². The van der Waals surface area contributed by atoms with E-state index in [0.29, 0.717) is 67.3 Å². The monoisotopic (exact) mass is 589 g/mol. The van der Waals surface area contributed by atoms with E-state index in [2.05, 4.69) is 11.8 Å². The van der Waals surface area contributed by atoms with Crippen molar-refractivity contribution in [3.8, 4) is 17.2 Å². The van der Waals surface area contributed by atoms with Crippen molar-refractivity contribution >= 4 is 11.8 Å². The van der Waals surface area contributed by atoms with Crippen LogP contribution in [0.5, 0.6) is 17.2 Å². The summed E-state index contributed by atoms with van der Waals surface area (Å²) in [5.74, 6) is 0.224. The molecule has 2 aliphatic rings. The number of primary amides is 1. The molecule has 2 aliphatic heterocycles. The summed E-state index contributed by atoms with van der Waals surface area (Å²) in [7, 11) is 4.52. The molecule has 3 aromatic rings. The molecule has 2 heterocycles. The van der Waals surface area contributed by atoms with Crippen molar-refractivity contribution in [1.29, 1.82) is 0 Å². The summed E-state index contributed by atoms with van der Waals surface area (Å²) in [5.41, 5.74) is 6.30. The van der Waals surface area contributed by atoms with E-state index in [9.17, 15) is 9.59 Å². The number of carbonyl (C=O) groups is 2. The Kier molecular flexibility index (Phi) is 8.64. The molecule has 0 aliphatic carbocycles. The van der Waals surface area contributed by atoms with E-state index >= 15 is 4.39 Å². The lowest BCUT2D eigenvalue weighted by atomic mass is 9.61. The normalized spacial score (nSPS) is 24.0. The lowest BCUT2D eigenvalue weighted by Crippen LogP contribution is -2.61. The third kappa shape index (κ3) is 5.20. The molecule has 0 radical (unpaired) electrons. The second-order valence-electron chi connectivity index (χ2n) is 11.4. The van der Waals surface area contributed by atoms with Crippen molar-refractivity contribution in [1.82, 2.24) is 9.80 Å². The van der Waals surface area contributed by atoms with Gasteiger partial charge in [0.1, 0.15) is 5.82 Å². The van der Waals surface area contributed by atoms with E-state index in [0.717, 1.165) is 5.56 Å². The SMILES string of the molecule is CCN1CCC(C(N)=O)(c2ccccc2)CC1C1(c2ccccc2F)CCN(C(=O)c2cc(OC)c(OC)c(OC)c2)C1. The summed E-state index contributed by atoms with van der Waals surface area (Å²) in [6, 6.07) is 19.5. The highest BCUT2D eigenvalue weighted by Gasteiger charge is 2.56. The van der Waals surface area contributed by atoms with Crippen LogP contribution in [0.15, 0.2) is 66.7 Å². The number of likely N-dealkylation sites (tertiary alicyclic amines) is 2. The molecule has 0 aromatic heterocycles. The molecule has 228 valence electrons. The largest absolute Gasteiger partial charge is 0.493 e. The summed E-state index contributed by atoms with van der Waals surface area (Å²) < 4.78 is 32.2. The molecular formula is C34H40FN3O5. The van der Waals surface area contributed by atoms with E-state index in [1.807, 2.05) is 42.5 Å². The lowest BCUT2D eigenvalue weighted by Gasteiger charge is -2.52. The van der Waals surface area contributed by atoms with E-state index in [1.165, 1.54) is 27.4 Å². The maximum absolute atomic E-state index is 15.8. The second kappa shape index (κ2) is 12.2. The number of nitrogens with zero attached hydrogens (tertiary/aromatic N) is 2. The molecule has 3 unspecified atom stereocenters. The third-order valence-corrected chi connectivity index (χ3v) is 9.56. The fraction of sp³-hybridized carbons (Fsp3) is 0.412. The molecule has 2 saturated heterocycles. The average molecular weight is 590 g/mol. The van der Waals surface area contributed by atoms with Gasteiger partial charge < -0.3 is 24.8 Å². The van der Waals surface area contributed by atoms with E-state index in [4.69, 9.17) is 19.9 Å². The zero-order valence-corrected chi connectivity index (χ0v) is 25.3. The number of halogens is 1. The van der Waals surface area contributed by atoms with Gasteiger partial charge in [0, 0.05) is 30.1 Å². The number of nitrogens with two attached hydrogens (primary N) is 1. The zero-order valence-electron chi connectivity index (χ0n) is 25.3. The van der Waals surface area contributed by atoms with Gasteiger partial charge in [0.2, 0.25) is 11.7 Å². The molecule has 8 nitrogen and oxygen atoms in total. The standard InChI is InChI=1S/C34H40FN3O5/c1-5-37-17-15-33(32(36)40,24-11-7-6-8-12-24)21-29(37)34(25-13-9-10-14-26(25)35)16-18-38(22-34)31(39)23-19-27(41-2)30(43-4)28(20-23)42-3/h6-14,19-20,29H,5,15-18,21-22H2,1-4H3,(H2,36,40). The number of rotatable bonds is 9. The van der Waals surface area contributed by atoms with Crippen LogP contribution in [-0.2, 0) is 15.6 Å². The lowest BCUT2D eigenvalue weighted by molar-refractivity contribution is -0.127. The van der Waals surface area contributed by atoms with Crippen LogP contribution >= 0.6 is 0 Å². The third-order valence-electron chi connectivity index (χ3n) is 9.56. The predicted octanol–water partition coefficient (Wildman–Crippen LogP) is 4.54. The van der Waals surface area contributed by atoms with Crippen molar-refractivity contribution in [2.45, 2.75) is 43.1 Å². The molecule has 9 heteroatoms. The first-order valence-corrected chi connectivity index (χ1v) is 14.7. The Morgan fingerprint density at radius 3 is 2.16 bits per heavy atom. The van der Waals surface area contributed by atoms with Gasteiger partial charge in [-0.3, -0.25) is 14.5 Å². The number of likely N-dealkylation sites (N-methyl/N-ethyl adjacent to an activating group) is 1. The number of amides is 2. The molecule has 2 amide bonds. The first kappa shape index (κ1) is 30.4. The van der Waals surface area contributed by atoms with E-state index in [1.54, 1.807) is 23.1 Å². The van der Waals surface area contributed by atoms with Crippen LogP contribution in [-0.4, -0.2) is 75.2 Å². The van der Waals surface area contributed by atoms with Crippen molar-refractivity contribution in [2.75, 3.05) is 47.5 Å². The number of hydrogen-bond donors (Lipinski definition) is 1. The van der Waals surface area contributed by atoms with Crippen LogP contribution in [0.4, 0.5) is 4.39 Å². The molecule has 2 N–H and O–H groups in total. The smallest absolute Gasteiger partial charge is 0.254 e. The minimum absolute atomic E-state index is 0.222. The summed E-state index contributed by atoms with van der Waals surface area (Å²) in [6.07, 6.45) is 1.51. The van der Waals surface area contributed by atoms with Crippen molar-refractivity contribution in [3.05, 3.63) is 89.2 Å². The van der Waals surface area contributed by atoms with Crippen LogP contribution in [0.2, 0.25) is 0 Å². The number of piperidine rings is 1. The predicted molar refractivity (Wildman–Crippen MR) is 162 cm³/mol. The minimum atomic E-state index is -0.913. The molecule has 43 heavy (non-hydrogen) atoms. The Balaban J connectivity index is 1.60. The Morgan fingerprint density at radius 1 is 0.930 bits per heavy atom. The highest BCUT2D eigenvalue weighted by molar-refractivity contribution is 5.96. The molecule has 2 fully saturated rings. The molecule has 3 atom stereocenters. The summed E-state index contributed by atoms with van der Waals surface area (Å²) in [4.78, 5) is 31.5. The van der Waals surface area contributed by atoms with Crippen molar-refractivity contribution in [3.63, 3.8) is 0 Å². The number of methoxy groups -OCH3 is 3. The average Bonchev–Trinajstić information content (AvgIpc) is 3.50. The fourth-order valence-corrected chi connectivity index (χ4v) is 7.29. The van der Waals surface area contributed by atoms with Crippen molar-refractivity contribution in [2.24, 2.45) is 5.73 Å². The van der Waals surface area contributed by atoms with Crippen LogP contribution in [0.1, 0.15) is 47.7 Å². The van der Waals surface area contributed by atoms with Gasteiger partial charge in [0.25, 0.3) is 5.91 Å². The first-order valence-electron chi connectivity index (χ1n) is 14.7. The summed E-state index contributed by atoms with van der Waals surface area (Å²) in [6.45, 7) is 4.10.